The zero-order valence-electron chi connectivity index (χ0n) is 16.5. The summed E-state index contributed by atoms with van der Waals surface area (Å²) in [6, 6.07) is 12.7. The lowest BCUT2D eigenvalue weighted by Crippen LogP contribution is -2.36. The monoisotopic (exact) mass is 460 g/mol. The van der Waals surface area contributed by atoms with E-state index in [4.69, 9.17) is 11.6 Å². The molecular formula is C22H21ClN2O3S2. The minimum atomic E-state index is -3.27. The first-order chi connectivity index (χ1) is 14.3. The van der Waals surface area contributed by atoms with Crippen LogP contribution in [0.4, 0.5) is 5.69 Å². The van der Waals surface area contributed by atoms with Gasteiger partial charge in [-0.05, 0) is 54.3 Å². The lowest BCUT2D eigenvalue weighted by Gasteiger charge is -2.29. The Kier molecular flexibility index (Phi) is 5.95. The highest BCUT2D eigenvalue weighted by molar-refractivity contribution is 7.90. The molecule has 2 heterocycles. The molecule has 0 unspecified atom stereocenters. The number of aryl methyl sites for hydroxylation is 1. The Bertz CT molecular complexity index is 1200. The Labute approximate surface area is 185 Å². The van der Waals surface area contributed by atoms with Gasteiger partial charge in [0.05, 0.1) is 22.0 Å². The number of hydrogen-bond acceptors (Lipinski definition) is 5. The first kappa shape index (κ1) is 21.0. The van der Waals surface area contributed by atoms with Gasteiger partial charge in [0.15, 0.2) is 9.84 Å². The third-order valence-corrected chi connectivity index (χ3v) is 7.32. The number of carbonyl (C=O) groups is 1. The van der Waals surface area contributed by atoms with Crippen molar-refractivity contribution in [2.75, 3.05) is 17.7 Å². The molecule has 0 bridgehead atoms. The van der Waals surface area contributed by atoms with Crippen LogP contribution in [-0.4, -0.2) is 32.1 Å². The first-order valence-corrected chi connectivity index (χ1v) is 12.8. The van der Waals surface area contributed by atoms with Gasteiger partial charge in [0.2, 0.25) is 5.91 Å². The largest absolute Gasteiger partial charge is 0.312 e. The maximum absolute atomic E-state index is 13.0. The van der Waals surface area contributed by atoms with E-state index in [1.54, 1.807) is 23.1 Å². The standard InChI is InChI=1S/C22H21ClN2O3S2/c1-30(27,28)19-7-8-20-16(12-19)5-3-9-25(20)22(26)13-18-14-29-21(24-18)11-15-4-2-6-17(23)10-15/h2,4,6-8,10,12,14H,3,5,9,11,13H2,1H3. The summed E-state index contributed by atoms with van der Waals surface area (Å²) in [6.07, 6.45) is 3.68. The normalized spacial score (nSPS) is 13.9. The van der Waals surface area contributed by atoms with Crippen LogP contribution < -0.4 is 4.90 Å². The average molecular weight is 461 g/mol. The fraction of sp³-hybridized carbons (Fsp3) is 0.273. The van der Waals surface area contributed by atoms with Crippen molar-refractivity contribution in [2.24, 2.45) is 0 Å². The van der Waals surface area contributed by atoms with Crippen LogP contribution in [0.5, 0.6) is 0 Å². The maximum Gasteiger partial charge on any atom is 0.233 e. The van der Waals surface area contributed by atoms with Crippen LogP contribution in [-0.2, 0) is 33.9 Å². The molecule has 0 fully saturated rings. The summed E-state index contributed by atoms with van der Waals surface area (Å²) >= 11 is 7.58. The molecule has 1 aromatic heterocycles. The molecule has 3 aromatic rings. The maximum atomic E-state index is 13.0. The van der Waals surface area contributed by atoms with Crippen LogP contribution in [0.15, 0.2) is 52.7 Å². The summed E-state index contributed by atoms with van der Waals surface area (Å²) in [5.41, 5.74) is 3.54. The van der Waals surface area contributed by atoms with E-state index in [0.29, 0.717) is 22.9 Å². The summed E-state index contributed by atoms with van der Waals surface area (Å²) in [5.74, 6) is -0.0253. The lowest BCUT2D eigenvalue weighted by molar-refractivity contribution is -0.118. The molecule has 4 rings (SSSR count). The molecule has 0 saturated heterocycles. The van der Waals surface area contributed by atoms with Crippen molar-refractivity contribution < 1.29 is 13.2 Å². The number of halogens is 1. The number of anilines is 1. The number of amides is 1. The molecule has 1 aliphatic rings. The van der Waals surface area contributed by atoms with Crippen LogP contribution >= 0.6 is 22.9 Å². The van der Waals surface area contributed by atoms with Gasteiger partial charge >= 0.3 is 0 Å². The lowest BCUT2D eigenvalue weighted by atomic mass is 10.0. The van der Waals surface area contributed by atoms with Crippen molar-refractivity contribution in [3.05, 3.63) is 74.7 Å². The molecule has 0 atom stereocenters. The molecular weight excluding hydrogens is 440 g/mol. The van der Waals surface area contributed by atoms with Gasteiger partial charge in [-0.1, -0.05) is 23.7 Å². The minimum absolute atomic E-state index is 0.0253. The van der Waals surface area contributed by atoms with Crippen molar-refractivity contribution >= 4 is 44.4 Å². The summed E-state index contributed by atoms with van der Waals surface area (Å²) in [6.45, 7) is 0.629. The molecule has 0 N–H and O–H groups in total. The number of sulfone groups is 1. The van der Waals surface area contributed by atoms with Crippen LogP contribution in [0.3, 0.4) is 0 Å². The summed E-state index contributed by atoms with van der Waals surface area (Å²) in [5, 5.41) is 3.56. The molecule has 0 saturated carbocycles. The molecule has 30 heavy (non-hydrogen) atoms. The van der Waals surface area contributed by atoms with Gasteiger partial charge in [-0.3, -0.25) is 4.79 Å². The SMILES string of the molecule is CS(=O)(=O)c1ccc2c(c1)CCCN2C(=O)Cc1csc(Cc2cccc(Cl)c2)n1. The van der Waals surface area contributed by atoms with Crippen molar-refractivity contribution in [3.63, 3.8) is 0 Å². The van der Waals surface area contributed by atoms with Gasteiger partial charge in [-0.15, -0.1) is 11.3 Å². The third-order valence-electron chi connectivity index (χ3n) is 5.07. The van der Waals surface area contributed by atoms with Crippen LogP contribution in [0.2, 0.25) is 5.02 Å². The van der Waals surface area contributed by atoms with E-state index in [2.05, 4.69) is 4.98 Å². The summed E-state index contributed by atoms with van der Waals surface area (Å²) in [7, 11) is -3.27. The number of nitrogens with zero attached hydrogens (tertiary/aromatic N) is 2. The second-order valence-electron chi connectivity index (χ2n) is 7.43. The smallest absolute Gasteiger partial charge is 0.233 e. The van der Waals surface area contributed by atoms with Gasteiger partial charge in [0.1, 0.15) is 0 Å². The second kappa shape index (κ2) is 8.49. The van der Waals surface area contributed by atoms with E-state index < -0.39 is 9.84 Å². The quantitative estimate of drug-likeness (QED) is 0.569. The van der Waals surface area contributed by atoms with Gasteiger partial charge in [-0.2, -0.15) is 0 Å². The van der Waals surface area contributed by atoms with Gasteiger partial charge < -0.3 is 4.90 Å². The van der Waals surface area contributed by atoms with E-state index in [9.17, 15) is 13.2 Å². The van der Waals surface area contributed by atoms with Crippen molar-refractivity contribution in [1.29, 1.82) is 0 Å². The predicted octanol–water partition coefficient (Wildman–Crippen LogP) is 4.31. The van der Waals surface area contributed by atoms with Crippen LogP contribution in [0.25, 0.3) is 0 Å². The Balaban J connectivity index is 1.48. The Hall–Kier alpha value is -2.22. The zero-order chi connectivity index (χ0) is 21.3. The predicted molar refractivity (Wildman–Crippen MR) is 120 cm³/mol. The summed E-state index contributed by atoms with van der Waals surface area (Å²) in [4.78, 5) is 19.6. The molecule has 0 spiro atoms. The topological polar surface area (TPSA) is 67.3 Å². The van der Waals surface area contributed by atoms with Crippen LogP contribution in [0, 0.1) is 0 Å². The molecule has 1 aliphatic heterocycles. The van der Waals surface area contributed by atoms with Gasteiger partial charge in [0, 0.05) is 35.3 Å². The van der Waals surface area contributed by atoms with Crippen LogP contribution in [0.1, 0.15) is 28.2 Å². The average Bonchev–Trinajstić information content (AvgIpc) is 3.13. The van der Waals surface area contributed by atoms with Gasteiger partial charge in [0.25, 0.3) is 0 Å². The van der Waals surface area contributed by atoms with Crippen molar-refractivity contribution in [3.8, 4) is 0 Å². The van der Waals surface area contributed by atoms with E-state index >= 15 is 0 Å². The fourth-order valence-electron chi connectivity index (χ4n) is 3.65. The van der Waals surface area contributed by atoms with Gasteiger partial charge in [-0.25, -0.2) is 13.4 Å². The number of hydrogen-bond donors (Lipinski definition) is 0. The Morgan fingerprint density at radius 2 is 2.07 bits per heavy atom. The molecule has 156 valence electrons. The molecule has 0 radical (unpaired) electrons. The number of aromatic nitrogens is 1. The molecule has 1 amide bonds. The fourth-order valence-corrected chi connectivity index (χ4v) is 5.36. The van der Waals surface area contributed by atoms with E-state index in [0.717, 1.165) is 40.4 Å². The highest BCUT2D eigenvalue weighted by atomic mass is 35.5. The Morgan fingerprint density at radius 3 is 2.83 bits per heavy atom. The van der Waals surface area contributed by atoms with E-state index in [1.165, 1.54) is 17.6 Å². The minimum Gasteiger partial charge on any atom is -0.312 e. The van der Waals surface area contributed by atoms with Crippen molar-refractivity contribution in [2.45, 2.75) is 30.6 Å². The molecule has 5 nitrogen and oxygen atoms in total. The summed E-state index contributed by atoms with van der Waals surface area (Å²) < 4.78 is 23.7. The highest BCUT2D eigenvalue weighted by Crippen LogP contribution is 2.30. The number of carbonyl (C=O) groups excluding carboxylic acids is 1. The second-order valence-corrected chi connectivity index (χ2v) is 10.8. The Morgan fingerprint density at radius 1 is 1.23 bits per heavy atom. The first-order valence-electron chi connectivity index (χ1n) is 9.61. The molecule has 0 aliphatic carbocycles. The van der Waals surface area contributed by atoms with E-state index in [-0.39, 0.29) is 12.3 Å². The van der Waals surface area contributed by atoms with Crippen molar-refractivity contribution in [1.82, 2.24) is 4.98 Å². The molecule has 8 heteroatoms. The van der Waals surface area contributed by atoms with E-state index in [1.807, 2.05) is 29.6 Å². The number of rotatable bonds is 5. The number of fused-ring (bicyclic) bond motifs is 1. The highest BCUT2D eigenvalue weighted by Gasteiger charge is 2.24. The number of benzene rings is 2. The molecule has 2 aromatic carbocycles. The third kappa shape index (κ3) is 4.74. The zero-order valence-corrected chi connectivity index (χ0v) is 18.9. The number of thiazole rings is 1.